The number of hydrogen-bond donors (Lipinski definition) is 4. The zero-order valence-corrected chi connectivity index (χ0v) is 15.3. The summed E-state index contributed by atoms with van der Waals surface area (Å²) in [6, 6.07) is 6.12. The Morgan fingerprint density at radius 1 is 1.15 bits per heavy atom. The Morgan fingerprint density at radius 2 is 1.85 bits per heavy atom. The van der Waals surface area contributed by atoms with Crippen molar-refractivity contribution < 1.29 is 14.4 Å². The molecule has 1 aromatic carbocycles. The van der Waals surface area contributed by atoms with E-state index in [1.807, 2.05) is 26.0 Å². The summed E-state index contributed by atoms with van der Waals surface area (Å²) >= 11 is 0. The van der Waals surface area contributed by atoms with Crippen molar-refractivity contribution in [1.82, 2.24) is 16.1 Å². The molecule has 1 heterocycles. The highest BCUT2D eigenvalue weighted by molar-refractivity contribution is 6.04. The van der Waals surface area contributed by atoms with Gasteiger partial charge in [-0.15, -0.1) is 0 Å². The summed E-state index contributed by atoms with van der Waals surface area (Å²) in [6.45, 7) is 5.52. The van der Waals surface area contributed by atoms with Gasteiger partial charge in [0.2, 0.25) is 11.8 Å². The molecule has 1 aliphatic heterocycles. The number of amides is 4. The normalized spacial score (nSPS) is 16.0. The predicted molar refractivity (Wildman–Crippen MR) is 99.9 cm³/mol. The van der Waals surface area contributed by atoms with Crippen molar-refractivity contribution in [2.45, 2.75) is 52.1 Å². The van der Waals surface area contributed by atoms with Crippen LogP contribution in [0.4, 0.5) is 10.5 Å². The monoisotopic (exact) mass is 359 g/mol. The van der Waals surface area contributed by atoms with E-state index in [9.17, 15) is 14.4 Å². The number of rotatable bonds is 6. The van der Waals surface area contributed by atoms with E-state index in [1.165, 1.54) is 0 Å². The first-order chi connectivity index (χ1) is 12.4. The lowest BCUT2D eigenvalue weighted by Crippen LogP contribution is -2.48. The molecule has 0 spiro atoms. The number of anilines is 1. The van der Waals surface area contributed by atoms with Gasteiger partial charge in [-0.2, -0.15) is 5.10 Å². The van der Waals surface area contributed by atoms with Crippen LogP contribution in [0.5, 0.6) is 0 Å². The van der Waals surface area contributed by atoms with Gasteiger partial charge in [0.15, 0.2) is 0 Å². The molecule has 4 N–H and O–H groups in total. The van der Waals surface area contributed by atoms with Crippen LogP contribution in [-0.4, -0.2) is 35.6 Å². The van der Waals surface area contributed by atoms with Gasteiger partial charge in [0.05, 0.1) is 5.71 Å². The molecule has 0 fully saturated rings. The summed E-state index contributed by atoms with van der Waals surface area (Å²) in [6.07, 6.45) is 1.83. The van der Waals surface area contributed by atoms with Crippen molar-refractivity contribution in [1.29, 1.82) is 0 Å². The van der Waals surface area contributed by atoms with Crippen LogP contribution in [0.25, 0.3) is 0 Å². The van der Waals surface area contributed by atoms with Crippen LogP contribution >= 0.6 is 0 Å². The predicted octanol–water partition coefficient (Wildman–Crippen LogP) is 1.73. The smallest absolute Gasteiger partial charge is 0.319 e. The molecular formula is C18H25N5O3. The molecule has 0 unspecified atom stereocenters. The average molecular weight is 359 g/mol. The van der Waals surface area contributed by atoms with Crippen molar-refractivity contribution in [2.75, 3.05) is 5.32 Å². The second-order valence-electron chi connectivity index (χ2n) is 6.31. The molecule has 0 saturated carbocycles. The number of urea groups is 1. The van der Waals surface area contributed by atoms with Gasteiger partial charge >= 0.3 is 6.03 Å². The largest absolute Gasteiger partial charge is 0.352 e. The molecule has 4 amide bonds. The van der Waals surface area contributed by atoms with Crippen LogP contribution in [0.2, 0.25) is 0 Å². The quantitative estimate of drug-likeness (QED) is 0.620. The van der Waals surface area contributed by atoms with Crippen LogP contribution in [0.3, 0.4) is 0 Å². The van der Waals surface area contributed by atoms with Crippen molar-refractivity contribution in [3.63, 3.8) is 0 Å². The van der Waals surface area contributed by atoms with Crippen LogP contribution in [0, 0.1) is 0 Å². The molecule has 0 radical (unpaired) electrons. The zero-order chi connectivity index (χ0) is 19.1. The summed E-state index contributed by atoms with van der Waals surface area (Å²) in [4.78, 5) is 35.1. The maximum atomic E-state index is 12.0. The molecule has 2 atom stereocenters. The number of hydrazone groups is 1. The number of nitrogens with zero attached hydrogens (tertiary/aromatic N) is 1. The highest BCUT2D eigenvalue weighted by atomic mass is 16.2. The molecule has 1 aromatic rings. The summed E-state index contributed by atoms with van der Waals surface area (Å²) in [5, 5.41) is 12.2. The van der Waals surface area contributed by atoms with Crippen molar-refractivity contribution in [3.8, 4) is 0 Å². The zero-order valence-electron chi connectivity index (χ0n) is 15.3. The summed E-state index contributed by atoms with van der Waals surface area (Å²) in [5.74, 6) is -0.308. The van der Waals surface area contributed by atoms with E-state index in [1.54, 1.807) is 19.1 Å². The first kappa shape index (κ1) is 19.4. The van der Waals surface area contributed by atoms with Crippen molar-refractivity contribution in [2.24, 2.45) is 5.10 Å². The first-order valence-electron chi connectivity index (χ1n) is 8.72. The first-order valence-corrected chi connectivity index (χ1v) is 8.72. The number of benzene rings is 1. The summed E-state index contributed by atoms with van der Waals surface area (Å²) < 4.78 is 0. The molecule has 2 rings (SSSR count). The maximum absolute atomic E-state index is 12.0. The number of carbonyl (C=O) groups is 3. The van der Waals surface area contributed by atoms with E-state index in [4.69, 9.17) is 0 Å². The second-order valence-corrected chi connectivity index (χ2v) is 6.31. The third-order valence-electron chi connectivity index (χ3n) is 4.12. The minimum atomic E-state index is -0.636. The highest BCUT2D eigenvalue weighted by Crippen LogP contribution is 2.14. The SMILES string of the molecule is CC[C@@H](C)NC(=O)[C@@H](C)NC(=O)Nc1ccc(C2=NNC(=O)CC2)cc1. The van der Waals surface area contributed by atoms with Gasteiger partial charge in [-0.3, -0.25) is 9.59 Å². The minimum absolute atomic E-state index is 0.0647. The third kappa shape index (κ3) is 5.58. The molecule has 0 aromatic heterocycles. The van der Waals surface area contributed by atoms with Gasteiger partial charge in [-0.1, -0.05) is 19.1 Å². The number of carbonyl (C=O) groups excluding carboxylic acids is 3. The molecule has 0 aliphatic carbocycles. The van der Waals surface area contributed by atoms with Crippen molar-refractivity contribution >= 4 is 29.2 Å². The van der Waals surface area contributed by atoms with Gasteiger partial charge in [0.25, 0.3) is 0 Å². The number of hydrogen-bond acceptors (Lipinski definition) is 4. The minimum Gasteiger partial charge on any atom is -0.352 e. The molecular weight excluding hydrogens is 334 g/mol. The Balaban J connectivity index is 1.87. The fourth-order valence-corrected chi connectivity index (χ4v) is 2.33. The van der Waals surface area contributed by atoms with E-state index >= 15 is 0 Å². The molecule has 26 heavy (non-hydrogen) atoms. The highest BCUT2D eigenvalue weighted by Gasteiger charge is 2.17. The standard InChI is InChI=1S/C18H25N5O3/c1-4-11(2)19-17(25)12(3)20-18(26)21-14-7-5-13(6-8-14)15-9-10-16(24)23-22-15/h5-8,11-12H,4,9-10H2,1-3H3,(H,19,25)(H,23,24)(H2,20,21,26)/t11-,12-/m1/s1. The van der Waals surface area contributed by atoms with Gasteiger partial charge in [-0.25, -0.2) is 10.2 Å². The Morgan fingerprint density at radius 3 is 2.42 bits per heavy atom. The fourth-order valence-electron chi connectivity index (χ4n) is 2.33. The molecule has 8 nitrogen and oxygen atoms in total. The van der Waals surface area contributed by atoms with Crippen LogP contribution in [-0.2, 0) is 9.59 Å². The molecule has 8 heteroatoms. The molecule has 1 aliphatic rings. The molecule has 140 valence electrons. The summed E-state index contributed by atoms with van der Waals surface area (Å²) in [5.41, 5.74) is 4.75. The maximum Gasteiger partial charge on any atom is 0.319 e. The lowest BCUT2D eigenvalue weighted by Gasteiger charge is -2.18. The topological polar surface area (TPSA) is 112 Å². The Labute approximate surface area is 152 Å². The Kier molecular flexibility index (Phi) is 6.71. The molecule has 0 bridgehead atoms. The van der Waals surface area contributed by atoms with Gasteiger partial charge in [-0.05, 0) is 38.0 Å². The van der Waals surface area contributed by atoms with E-state index in [0.29, 0.717) is 18.5 Å². The van der Waals surface area contributed by atoms with Crippen LogP contribution in [0.15, 0.2) is 29.4 Å². The fraction of sp³-hybridized carbons (Fsp3) is 0.444. The Bertz CT molecular complexity index is 699. The van der Waals surface area contributed by atoms with Gasteiger partial charge < -0.3 is 16.0 Å². The second kappa shape index (κ2) is 8.98. The van der Waals surface area contributed by atoms with Gasteiger partial charge in [0, 0.05) is 24.6 Å². The summed E-state index contributed by atoms with van der Waals surface area (Å²) in [7, 11) is 0. The average Bonchev–Trinajstić information content (AvgIpc) is 2.62. The van der Waals surface area contributed by atoms with E-state index in [-0.39, 0.29) is 17.9 Å². The van der Waals surface area contributed by atoms with Crippen molar-refractivity contribution in [3.05, 3.63) is 29.8 Å². The van der Waals surface area contributed by atoms with Crippen LogP contribution < -0.4 is 21.4 Å². The number of nitrogens with one attached hydrogen (secondary N) is 4. The van der Waals surface area contributed by atoms with Gasteiger partial charge in [0.1, 0.15) is 6.04 Å². The lowest BCUT2D eigenvalue weighted by atomic mass is 10.0. The van der Waals surface area contributed by atoms with Crippen LogP contribution in [0.1, 0.15) is 45.6 Å². The van der Waals surface area contributed by atoms with E-state index < -0.39 is 12.1 Å². The lowest BCUT2D eigenvalue weighted by molar-refractivity contribution is -0.123. The van der Waals surface area contributed by atoms with E-state index in [2.05, 4.69) is 26.5 Å². The molecule has 0 saturated heterocycles. The third-order valence-corrected chi connectivity index (χ3v) is 4.12. The Hall–Kier alpha value is -2.90. The van der Waals surface area contributed by atoms with E-state index in [0.717, 1.165) is 17.7 Å².